The molecule has 0 amide bonds. The Morgan fingerprint density at radius 3 is 2.83 bits per heavy atom. The Morgan fingerprint density at radius 2 is 2.11 bits per heavy atom. The van der Waals surface area contributed by atoms with Gasteiger partial charge in [0.15, 0.2) is 0 Å². The second kappa shape index (κ2) is 6.35. The van der Waals surface area contributed by atoms with Crippen molar-refractivity contribution in [3.05, 3.63) is 46.3 Å². The number of rotatable bonds is 3. The van der Waals surface area contributed by atoms with Gasteiger partial charge in [0.05, 0.1) is 6.04 Å². The highest BCUT2D eigenvalue weighted by Gasteiger charge is 2.21. The Morgan fingerprint density at radius 1 is 1.28 bits per heavy atom. The van der Waals surface area contributed by atoms with Gasteiger partial charge in [0, 0.05) is 10.6 Å². The topological polar surface area (TPSA) is 12.0 Å². The average molecular weight is 268 g/mol. The van der Waals surface area contributed by atoms with E-state index in [1.807, 2.05) is 7.05 Å². The molecule has 1 N–H and O–H groups in total. The summed E-state index contributed by atoms with van der Waals surface area (Å²) in [6.07, 6.45) is 8.01. The summed E-state index contributed by atoms with van der Waals surface area (Å²) in [6, 6.07) is 4.77. The number of benzene rings is 1. The Hall–Kier alpha value is -0.860. The third kappa shape index (κ3) is 2.93. The van der Waals surface area contributed by atoms with Gasteiger partial charge in [-0.1, -0.05) is 35.7 Å². The average Bonchev–Trinajstić information content (AvgIpc) is 2.63. The van der Waals surface area contributed by atoms with Gasteiger partial charge in [-0.2, -0.15) is 0 Å². The number of nitrogens with one attached hydrogen (secondary N) is 1. The second-order valence-corrected chi connectivity index (χ2v) is 5.14. The molecule has 1 aliphatic carbocycles. The molecule has 0 heterocycles. The molecule has 98 valence electrons. The minimum absolute atomic E-state index is 0.100. The Kier molecular flexibility index (Phi) is 4.79. The minimum Gasteiger partial charge on any atom is -0.309 e. The van der Waals surface area contributed by atoms with E-state index in [9.17, 15) is 4.39 Å². The lowest BCUT2D eigenvalue weighted by Crippen LogP contribution is -2.20. The van der Waals surface area contributed by atoms with Gasteiger partial charge in [0.1, 0.15) is 5.82 Å². The Labute approximate surface area is 113 Å². The van der Waals surface area contributed by atoms with Crippen LogP contribution in [0.4, 0.5) is 4.39 Å². The lowest BCUT2D eigenvalue weighted by Gasteiger charge is -2.21. The molecule has 1 atom stereocenters. The van der Waals surface area contributed by atoms with Crippen molar-refractivity contribution in [2.75, 3.05) is 7.05 Å². The van der Waals surface area contributed by atoms with E-state index >= 15 is 0 Å². The van der Waals surface area contributed by atoms with Crippen molar-refractivity contribution in [1.29, 1.82) is 0 Å². The van der Waals surface area contributed by atoms with Crippen LogP contribution in [-0.4, -0.2) is 7.05 Å². The quantitative estimate of drug-likeness (QED) is 0.788. The third-order valence-electron chi connectivity index (χ3n) is 3.52. The molecular weight excluding hydrogens is 249 g/mol. The van der Waals surface area contributed by atoms with Crippen LogP contribution < -0.4 is 5.32 Å². The molecule has 2 rings (SSSR count). The van der Waals surface area contributed by atoms with E-state index < -0.39 is 0 Å². The monoisotopic (exact) mass is 267 g/mol. The van der Waals surface area contributed by atoms with Crippen LogP contribution in [0.2, 0.25) is 5.02 Å². The van der Waals surface area contributed by atoms with E-state index in [0.29, 0.717) is 10.6 Å². The van der Waals surface area contributed by atoms with Crippen LogP contribution in [0.25, 0.3) is 0 Å². The predicted molar refractivity (Wildman–Crippen MR) is 74.4 cm³/mol. The lowest BCUT2D eigenvalue weighted by molar-refractivity contribution is 0.560. The number of hydrogen-bond acceptors (Lipinski definition) is 1. The summed E-state index contributed by atoms with van der Waals surface area (Å²) in [5.74, 6) is -0.230. The number of halogens is 2. The smallest absolute Gasteiger partial charge is 0.129 e. The second-order valence-electron chi connectivity index (χ2n) is 4.74. The molecule has 0 bridgehead atoms. The van der Waals surface area contributed by atoms with Crippen LogP contribution in [0.5, 0.6) is 0 Å². The first-order valence-corrected chi connectivity index (χ1v) is 6.92. The summed E-state index contributed by atoms with van der Waals surface area (Å²) >= 11 is 6.16. The summed E-state index contributed by atoms with van der Waals surface area (Å²) in [5, 5.41) is 3.70. The molecule has 18 heavy (non-hydrogen) atoms. The molecule has 0 radical (unpaired) electrons. The zero-order valence-corrected chi connectivity index (χ0v) is 11.4. The van der Waals surface area contributed by atoms with Crippen LogP contribution >= 0.6 is 11.6 Å². The van der Waals surface area contributed by atoms with Crippen molar-refractivity contribution in [2.24, 2.45) is 0 Å². The first-order valence-electron chi connectivity index (χ1n) is 6.54. The zero-order chi connectivity index (χ0) is 13.0. The molecule has 1 aliphatic rings. The summed E-state index contributed by atoms with van der Waals surface area (Å²) in [4.78, 5) is 0. The van der Waals surface area contributed by atoms with Gasteiger partial charge in [-0.05, 0) is 44.9 Å². The van der Waals surface area contributed by atoms with Gasteiger partial charge in [-0.15, -0.1) is 0 Å². The fourth-order valence-corrected chi connectivity index (χ4v) is 2.88. The Balaban J connectivity index is 2.35. The highest BCUT2D eigenvalue weighted by atomic mass is 35.5. The van der Waals surface area contributed by atoms with Crippen molar-refractivity contribution >= 4 is 11.6 Å². The molecule has 1 aromatic rings. The molecule has 3 heteroatoms. The number of hydrogen-bond donors (Lipinski definition) is 1. The fraction of sp³-hybridized carbons (Fsp3) is 0.467. The maximum absolute atomic E-state index is 14.0. The van der Waals surface area contributed by atoms with Crippen LogP contribution in [0.15, 0.2) is 29.8 Å². The number of allylic oxidation sites excluding steroid dienone is 1. The lowest BCUT2D eigenvalue weighted by atomic mass is 9.95. The van der Waals surface area contributed by atoms with Crippen molar-refractivity contribution in [2.45, 2.75) is 38.1 Å². The third-order valence-corrected chi connectivity index (χ3v) is 3.85. The first kappa shape index (κ1) is 13.6. The van der Waals surface area contributed by atoms with E-state index in [-0.39, 0.29) is 11.9 Å². The minimum atomic E-state index is -0.230. The molecular formula is C15H19ClFN. The zero-order valence-electron chi connectivity index (χ0n) is 10.7. The van der Waals surface area contributed by atoms with Gasteiger partial charge in [-0.25, -0.2) is 4.39 Å². The van der Waals surface area contributed by atoms with Crippen LogP contribution in [-0.2, 0) is 0 Å². The molecule has 1 aromatic carbocycles. The van der Waals surface area contributed by atoms with Crippen molar-refractivity contribution in [1.82, 2.24) is 5.32 Å². The largest absolute Gasteiger partial charge is 0.309 e. The molecule has 0 aliphatic heterocycles. The molecule has 1 nitrogen and oxygen atoms in total. The molecule has 0 saturated heterocycles. The highest BCUT2D eigenvalue weighted by Crippen LogP contribution is 2.34. The van der Waals surface area contributed by atoms with Gasteiger partial charge in [0.25, 0.3) is 0 Å². The maximum atomic E-state index is 14.0. The van der Waals surface area contributed by atoms with Gasteiger partial charge >= 0.3 is 0 Å². The standard InChI is InChI=1S/C15H19ClFN/c1-18-15(11-7-4-2-3-5-8-11)14-12(16)9-6-10-13(14)17/h6-7,9-10,15,18H,2-5,8H2,1H3. The van der Waals surface area contributed by atoms with Crippen molar-refractivity contribution in [3.63, 3.8) is 0 Å². The normalized spacial score (nSPS) is 18.1. The highest BCUT2D eigenvalue weighted by molar-refractivity contribution is 6.31. The molecule has 0 saturated carbocycles. The molecule has 0 fully saturated rings. The van der Waals surface area contributed by atoms with E-state index in [1.165, 1.54) is 30.9 Å². The Bertz CT molecular complexity index is 422. The van der Waals surface area contributed by atoms with Crippen molar-refractivity contribution < 1.29 is 4.39 Å². The van der Waals surface area contributed by atoms with Gasteiger partial charge < -0.3 is 5.32 Å². The van der Waals surface area contributed by atoms with Crippen LogP contribution in [0.3, 0.4) is 0 Å². The molecule has 1 unspecified atom stereocenters. The van der Waals surface area contributed by atoms with Crippen molar-refractivity contribution in [3.8, 4) is 0 Å². The molecule has 0 spiro atoms. The van der Waals surface area contributed by atoms with Crippen LogP contribution in [0.1, 0.15) is 43.7 Å². The fourth-order valence-electron chi connectivity index (χ4n) is 2.60. The van der Waals surface area contributed by atoms with Gasteiger partial charge in [-0.3, -0.25) is 0 Å². The van der Waals surface area contributed by atoms with Gasteiger partial charge in [0.2, 0.25) is 0 Å². The number of likely N-dealkylation sites (N-methyl/N-ethyl adjacent to an activating group) is 1. The predicted octanol–water partition coefficient (Wildman–Crippen LogP) is 4.63. The first-order chi connectivity index (χ1) is 8.74. The molecule has 0 aromatic heterocycles. The van der Waals surface area contributed by atoms with E-state index in [4.69, 9.17) is 11.6 Å². The van der Waals surface area contributed by atoms with Crippen LogP contribution in [0, 0.1) is 5.82 Å². The summed E-state index contributed by atoms with van der Waals surface area (Å²) in [5.41, 5.74) is 1.84. The summed E-state index contributed by atoms with van der Waals surface area (Å²) in [7, 11) is 1.86. The SMILES string of the molecule is CNC(C1=CCCCCC1)c1c(F)cccc1Cl. The summed E-state index contributed by atoms with van der Waals surface area (Å²) in [6.45, 7) is 0. The maximum Gasteiger partial charge on any atom is 0.129 e. The van der Waals surface area contributed by atoms with E-state index in [2.05, 4.69) is 11.4 Å². The summed E-state index contributed by atoms with van der Waals surface area (Å²) < 4.78 is 14.0. The van der Waals surface area contributed by atoms with E-state index in [0.717, 1.165) is 12.8 Å². The van der Waals surface area contributed by atoms with E-state index in [1.54, 1.807) is 12.1 Å².